The van der Waals surface area contributed by atoms with E-state index in [0.29, 0.717) is 0 Å². The van der Waals surface area contributed by atoms with Gasteiger partial charge >= 0.3 is 12.9 Å². The van der Waals surface area contributed by atoms with Gasteiger partial charge in [0.25, 0.3) is 0 Å². The molecule has 0 saturated heterocycles. The Morgan fingerprint density at radius 3 is 2.56 bits per heavy atom. The van der Waals surface area contributed by atoms with Crippen LogP contribution in [0.15, 0.2) is 30.3 Å². The first-order chi connectivity index (χ1) is 8.44. The van der Waals surface area contributed by atoms with Crippen molar-refractivity contribution >= 4 is 24.2 Å². The molecule has 0 amide bonds. The lowest BCUT2D eigenvalue weighted by molar-refractivity contribution is -0.139. The van der Waals surface area contributed by atoms with Crippen LogP contribution in [0.2, 0.25) is 0 Å². The van der Waals surface area contributed by atoms with Crippen LogP contribution in [0.25, 0.3) is 0 Å². The summed E-state index contributed by atoms with van der Waals surface area (Å²) in [6, 6.07) is 7.36. The predicted octanol–water partition coefficient (Wildman–Crippen LogP) is 2.50. The number of nitrogens with one attached hydrogen (secondary N) is 1. The fraction of sp³-hybridized carbons (Fsp3) is 0.300. The lowest BCUT2D eigenvalue weighted by Gasteiger charge is -2.15. The molecule has 0 heterocycles. The van der Waals surface area contributed by atoms with Crippen LogP contribution in [0.5, 0.6) is 5.75 Å². The van der Waals surface area contributed by atoms with Gasteiger partial charge in [-0.25, -0.2) is 9.36 Å². The molecular formula is C10H13ClNO5P. The van der Waals surface area contributed by atoms with Gasteiger partial charge in [-0.15, -0.1) is 0 Å². The van der Waals surface area contributed by atoms with Crippen molar-refractivity contribution in [1.29, 1.82) is 0 Å². The summed E-state index contributed by atoms with van der Waals surface area (Å²) in [7, 11) is 1.34. The van der Waals surface area contributed by atoms with E-state index >= 15 is 0 Å². The minimum absolute atomic E-state index is 0.246. The topological polar surface area (TPSA) is 73.9 Å². The van der Waals surface area contributed by atoms with Gasteiger partial charge in [-0.2, -0.15) is 5.48 Å². The number of hydrogen-bond acceptors (Lipinski definition) is 6. The SMILES string of the molecule is CON[C@H](C)C(=O)OP(=O)(Cl)Oc1ccccc1. The molecule has 6 nitrogen and oxygen atoms in total. The van der Waals surface area contributed by atoms with Crippen LogP contribution in [0.1, 0.15) is 6.92 Å². The van der Waals surface area contributed by atoms with Crippen LogP contribution >= 0.6 is 18.2 Å². The smallest absolute Gasteiger partial charge is 0.405 e. The molecule has 1 rings (SSSR count). The average Bonchev–Trinajstić information content (AvgIpc) is 2.29. The van der Waals surface area contributed by atoms with Gasteiger partial charge in [-0.1, -0.05) is 18.2 Å². The minimum atomic E-state index is -4.02. The zero-order chi connectivity index (χ0) is 13.6. The first-order valence-electron chi connectivity index (χ1n) is 5.01. The standard InChI is InChI=1S/C10H13ClNO5P/c1-8(12-15-2)10(13)17-18(11,14)16-9-6-4-3-5-7-9/h3-8,12H,1-2H3/t8-,18?/m1/s1. The highest BCUT2D eigenvalue weighted by Gasteiger charge is 2.30. The summed E-state index contributed by atoms with van der Waals surface area (Å²) < 4.78 is 21.2. The number of carbonyl (C=O) groups excluding carboxylic acids is 1. The molecule has 2 atom stereocenters. The van der Waals surface area contributed by atoms with Gasteiger partial charge in [-0.3, -0.25) is 0 Å². The molecule has 0 aliphatic heterocycles. The summed E-state index contributed by atoms with van der Waals surface area (Å²) in [5.74, 6) is -0.595. The molecule has 0 spiro atoms. The third kappa shape index (κ3) is 5.06. The van der Waals surface area contributed by atoms with Gasteiger partial charge in [0.05, 0.1) is 7.11 Å². The molecule has 0 saturated carbocycles. The van der Waals surface area contributed by atoms with Crippen LogP contribution in [0.4, 0.5) is 0 Å². The van der Waals surface area contributed by atoms with Crippen molar-refractivity contribution in [3.63, 3.8) is 0 Å². The molecule has 0 aromatic heterocycles. The van der Waals surface area contributed by atoms with E-state index in [1.807, 2.05) is 0 Å². The van der Waals surface area contributed by atoms with Crippen LogP contribution in [0, 0.1) is 0 Å². The lowest BCUT2D eigenvalue weighted by Crippen LogP contribution is -2.33. The third-order valence-corrected chi connectivity index (χ3v) is 3.05. The maximum Gasteiger partial charge on any atom is 0.532 e. The van der Waals surface area contributed by atoms with Crippen LogP contribution in [-0.4, -0.2) is 19.1 Å². The molecule has 1 aromatic carbocycles. The Morgan fingerprint density at radius 1 is 1.39 bits per heavy atom. The summed E-state index contributed by atoms with van der Waals surface area (Å²) in [4.78, 5) is 16.0. The van der Waals surface area contributed by atoms with E-state index in [9.17, 15) is 9.36 Å². The van der Waals surface area contributed by atoms with Gasteiger partial charge < -0.3 is 13.9 Å². The second-order valence-corrected chi connectivity index (χ2v) is 5.76. The molecule has 0 radical (unpaired) electrons. The Hall–Kier alpha value is -1.07. The highest BCUT2D eigenvalue weighted by Crippen LogP contribution is 2.53. The molecule has 0 aliphatic rings. The van der Waals surface area contributed by atoms with Crippen molar-refractivity contribution in [2.24, 2.45) is 0 Å². The first-order valence-corrected chi connectivity index (χ1v) is 7.45. The van der Waals surface area contributed by atoms with E-state index in [4.69, 9.17) is 15.8 Å². The minimum Gasteiger partial charge on any atom is -0.405 e. The Balaban J connectivity index is 2.60. The van der Waals surface area contributed by atoms with Gasteiger partial charge in [0.2, 0.25) is 0 Å². The number of hydroxylamine groups is 1. The quantitative estimate of drug-likeness (QED) is 0.641. The monoisotopic (exact) mass is 293 g/mol. The van der Waals surface area contributed by atoms with Crippen LogP contribution < -0.4 is 10.0 Å². The highest BCUT2D eigenvalue weighted by atomic mass is 35.7. The highest BCUT2D eigenvalue weighted by molar-refractivity contribution is 7.82. The van der Waals surface area contributed by atoms with Crippen LogP contribution in [0.3, 0.4) is 0 Å². The summed E-state index contributed by atoms with van der Waals surface area (Å²) in [6.07, 6.45) is 0. The Bertz CT molecular complexity index is 441. The molecule has 0 bridgehead atoms. The normalized spacial score (nSPS) is 15.5. The van der Waals surface area contributed by atoms with E-state index in [2.05, 4.69) is 14.8 Å². The van der Waals surface area contributed by atoms with Crippen molar-refractivity contribution in [2.45, 2.75) is 13.0 Å². The summed E-state index contributed by atoms with van der Waals surface area (Å²) in [6.45, 7) is -2.56. The number of carbonyl (C=O) groups is 1. The lowest BCUT2D eigenvalue weighted by atomic mass is 10.3. The van der Waals surface area contributed by atoms with Crippen molar-refractivity contribution in [3.8, 4) is 5.75 Å². The summed E-state index contributed by atoms with van der Waals surface area (Å²) in [5.41, 5.74) is 2.32. The Morgan fingerprint density at radius 2 is 2.00 bits per heavy atom. The molecular weight excluding hydrogens is 281 g/mol. The Kier molecular flexibility index (Phi) is 5.62. The number of hydrogen-bond donors (Lipinski definition) is 1. The molecule has 100 valence electrons. The van der Waals surface area contributed by atoms with Gasteiger partial charge in [0.15, 0.2) is 0 Å². The zero-order valence-corrected chi connectivity index (χ0v) is 11.5. The van der Waals surface area contributed by atoms with Gasteiger partial charge in [0.1, 0.15) is 11.8 Å². The fourth-order valence-corrected chi connectivity index (χ4v) is 2.26. The predicted molar refractivity (Wildman–Crippen MR) is 66.2 cm³/mol. The second kappa shape index (κ2) is 6.75. The Labute approximate surface area is 109 Å². The largest absolute Gasteiger partial charge is 0.532 e. The molecule has 18 heavy (non-hydrogen) atoms. The molecule has 1 aromatic rings. The van der Waals surface area contributed by atoms with E-state index < -0.39 is 19.0 Å². The second-order valence-electron chi connectivity index (χ2n) is 3.29. The van der Waals surface area contributed by atoms with E-state index in [1.165, 1.54) is 14.0 Å². The molecule has 0 fully saturated rings. The maximum atomic E-state index is 11.7. The third-order valence-electron chi connectivity index (χ3n) is 1.80. The molecule has 1 N–H and O–H groups in total. The molecule has 8 heteroatoms. The zero-order valence-electron chi connectivity index (χ0n) is 9.83. The van der Waals surface area contributed by atoms with Crippen molar-refractivity contribution < 1.29 is 23.2 Å². The first kappa shape index (κ1) is 15.0. The van der Waals surface area contributed by atoms with E-state index in [0.717, 1.165) is 0 Å². The van der Waals surface area contributed by atoms with Crippen molar-refractivity contribution in [3.05, 3.63) is 30.3 Å². The maximum absolute atomic E-state index is 11.7. The number of benzene rings is 1. The molecule has 0 aliphatic carbocycles. The van der Waals surface area contributed by atoms with Crippen molar-refractivity contribution in [1.82, 2.24) is 5.48 Å². The van der Waals surface area contributed by atoms with Crippen molar-refractivity contribution in [2.75, 3.05) is 7.11 Å². The molecule has 1 unspecified atom stereocenters. The van der Waals surface area contributed by atoms with Crippen LogP contribution in [-0.2, 0) is 18.7 Å². The number of para-hydroxylation sites is 1. The number of halogens is 1. The van der Waals surface area contributed by atoms with E-state index in [1.54, 1.807) is 30.3 Å². The van der Waals surface area contributed by atoms with Gasteiger partial charge in [-0.05, 0) is 19.1 Å². The summed E-state index contributed by atoms with van der Waals surface area (Å²) >= 11 is 5.53. The van der Waals surface area contributed by atoms with Gasteiger partial charge in [0, 0.05) is 11.2 Å². The number of rotatable bonds is 6. The average molecular weight is 294 g/mol. The summed E-state index contributed by atoms with van der Waals surface area (Å²) in [5, 5.41) is 0. The fourth-order valence-electron chi connectivity index (χ4n) is 1.04. The van der Waals surface area contributed by atoms with E-state index in [-0.39, 0.29) is 5.75 Å².